The fourth-order valence-electron chi connectivity index (χ4n) is 2.99. The number of carbonyl (C=O) groups is 2. The highest BCUT2D eigenvalue weighted by atomic mass is 19.4. The van der Waals surface area contributed by atoms with E-state index in [0.29, 0.717) is 38.6 Å². The smallest absolute Gasteiger partial charge is 0.353 e. The number of alkyl halides is 3. The number of piperazine rings is 1. The third-order valence-corrected chi connectivity index (χ3v) is 4.26. The van der Waals surface area contributed by atoms with Crippen LogP contribution in [0.25, 0.3) is 0 Å². The molecule has 3 amide bonds. The van der Waals surface area contributed by atoms with Gasteiger partial charge in [0.15, 0.2) is 0 Å². The lowest BCUT2D eigenvalue weighted by molar-refractivity contribution is -0.148. The van der Waals surface area contributed by atoms with Crippen LogP contribution in [0, 0.1) is 5.92 Å². The molecule has 6 nitrogen and oxygen atoms in total. The Morgan fingerprint density at radius 2 is 1.96 bits per heavy atom. The molecule has 9 heteroatoms. The first kappa shape index (κ1) is 17.8. The molecule has 132 valence electrons. The number of piperidine rings is 1. The highest BCUT2D eigenvalue weighted by Gasteiger charge is 2.32. The summed E-state index contributed by atoms with van der Waals surface area (Å²) >= 11 is 0. The number of carbonyl (C=O) groups excluding carboxylic acids is 2. The molecule has 2 aliphatic rings. The molecule has 0 bridgehead atoms. The largest absolute Gasteiger partial charge is 0.401 e. The maximum atomic E-state index is 12.3. The number of nitrogens with zero attached hydrogens (tertiary/aromatic N) is 2. The van der Waals surface area contributed by atoms with Crippen molar-refractivity contribution < 1.29 is 22.8 Å². The van der Waals surface area contributed by atoms with Crippen molar-refractivity contribution in [2.24, 2.45) is 5.92 Å². The van der Waals surface area contributed by atoms with Crippen LogP contribution in [-0.2, 0) is 4.79 Å². The summed E-state index contributed by atoms with van der Waals surface area (Å²) < 4.78 is 36.9. The van der Waals surface area contributed by atoms with E-state index in [9.17, 15) is 22.8 Å². The molecule has 0 atom stereocenters. The molecular weight excluding hydrogens is 313 g/mol. The third kappa shape index (κ3) is 6.25. The topological polar surface area (TPSA) is 64.7 Å². The molecule has 2 aliphatic heterocycles. The van der Waals surface area contributed by atoms with Crippen molar-refractivity contribution in [3.63, 3.8) is 0 Å². The van der Waals surface area contributed by atoms with Crippen molar-refractivity contribution in [1.29, 1.82) is 0 Å². The lowest BCUT2D eigenvalue weighted by Gasteiger charge is -2.32. The summed E-state index contributed by atoms with van der Waals surface area (Å²) in [6.07, 6.45) is -1.94. The Morgan fingerprint density at radius 1 is 1.26 bits per heavy atom. The Labute approximate surface area is 133 Å². The van der Waals surface area contributed by atoms with Crippen molar-refractivity contribution in [3.05, 3.63) is 0 Å². The zero-order valence-electron chi connectivity index (χ0n) is 13.0. The van der Waals surface area contributed by atoms with E-state index in [0.717, 1.165) is 19.3 Å². The second-order valence-electron chi connectivity index (χ2n) is 6.13. The molecule has 0 aliphatic carbocycles. The SMILES string of the molecule is O=C1CN(C(=O)NCCC2CCN(CC(F)(F)F)CC2)CCN1. The van der Waals surface area contributed by atoms with Crippen molar-refractivity contribution in [1.82, 2.24) is 20.4 Å². The molecule has 0 radical (unpaired) electrons. The van der Waals surface area contributed by atoms with Crippen molar-refractivity contribution >= 4 is 11.9 Å². The number of urea groups is 1. The predicted octanol–water partition coefficient (Wildman–Crippen LogP) is 0.792. The molecule has 2 rings (SSSR count). The zero-order valence-corrected chi connectivity index (χ0v) is 13.0. The number of hydrogen-bond donors (Lipinski definition) is 2. The number of likely N-dealkylation sites (tertiary alicyclic amines) is 1. The molecule has 0 unspecified atom stereocenters. The van der Waals surface area contributed by atoms with Gasteiger partial charge in [0.25, 0.3) is 0 Å². The summed E-state index contributed by atoms with van der Waals surface area (Å²) in [4.78, 5) is 26.0. The second-order valence-corrected chi connectivity index (χ2v) is 6.13. The number of amides is 3. The molecule has 2 saturated heterocycles. The van der Waals surface area contributed by atoms with Crippen LogP contribution < -0.4 is 10.6 Å². The molecule has 0 aromatic carbocycles. The first-order valence-corrected chi connectivity index (χ1v) is 7.92. The van der Waals surface area contributed by atoms with Crippen LogP contribution in [0.4, 0.5) is 18.0 Å². The average molecular weight is 336 g/mol. The molecule has 0 spiro atoms. The summed E-state index contributed by atoms with van der Waals surface area (Å²) in [5, 5.41) is 5.43. The van der Waals surface area contributed by atoms with Crippen molar-refractivity contribution in [3.8, 4) is 0 Å². The molecule has 0 aromatic rings. The first-order valence-electron chi connectivity index (χ1n) is 7.92. The Balaban J connectivity index is 1.60. The van der Waals surface area contributed by atoms with Crippen LogP contribution in [-0.4, -0.2) is 73.7 Å². The van der Waals surface area contributed by atoms with Crippen LogP contribution in [0.3, 0.4) is 0 Å². The van der Waals surface area contributed by atoms with Gasteiger partial charge in [-0.1, -0.05) is 0 Å². The van der Waals surface area contributed by atoms with Crippen molar-refractivity contribution in [2.45, 2.75) is 25.4 Å². The van der Waals surface area contributed by atoms with E-state index >= 15 is 0 Å². The van der Waals surface area contributed by atoms with Gasteiger partial charge in [0.05, 0.1) is 6.54 Å². The highest BCUT2D eigenvalue weighted by Crippen LogP contribution is 2.23. The summed E-state index contributed by atoms with van der Waals surface area (Å²) in [7, 11) is 0. The van der Waals surface area contributed by atoms with Crippen LogP contribution in [0.15, 0.2) is 0 Å². The number of hydrogen-bond acceptors (Lipinski definition) is 3. The van der Waals surface area contributed by atoms with Gasteiger partial charge in [-0.3, -0.25) is 9.69 Å². The van der Waals surface area contributed by atoms with Gasteiger partial charge in [-0.05, 0) is 38.3 Å². The Hall–Kier alpha value is -1.51. The summed E-state index contributed by atoms with van der Waals surface area (Å²) in [6, 6.07) is -0.255. The minimum Gasteiger partial charge on any atom is -0.353 e. The van der Waals surface area contributed by atoms with E-state index in [-0.39, 0.29) is 18.5 Å². The lowest BCUT2D eigenvalue weighted by Crippen LogP contribution is -2.53. The molecule has 2 heterocycles. The fourth-order valence-corrected chi connectivity index (χ4v) is 2.99. The van der Waals surface area contributed by atoms with E-state index in [4.69, 9.17) is 0 Å². The van der Waals surface area contributed by atoms with Crippen LogP contribution >= 0.6 is 0 Å². The van der Waals surface area contributed by atoms with Gasteiger partial charge in [0.2, 0.25) is 5.91 Å². The Kier molecular flexibility index (Phi) is 6.09. The van der Waals surface area contributed by atoms with E-state index in [1.54, 1.807) is 0 Å². The molecule has 0 saturated carbocycles. The lowest BCUT2D eigenvalue weighted by atomic mass is 9.93. The Morgan fingerprint density at radius 3 is 2.57 bits per heavy atom. The Bertz CT molecular complexity index is 423. The van der Waals surface area contributed by atoms with E-state index < -0.39 is 12.7 Å². The zero-order chi connectivity index (χ0) is 16.9. The maximum Gasteiger partial charge on any atom is 0.401 e. The van der Waals surface area contributed by atoms with Crippen LogP contribution in [0.5, 0.6) is 0 Å². The minimum absolute atomic E-state index is 0.0711. The molecule has 2 fully saturated rings. The number of rotatable bonds is 4. The predicted molar refractivity (Wildman–Crippen MR) is 77.8 cm³/mol. The molecular formula is C14H23F3N4O2. The first-order chi connectivity index (χ1) is 10.8. The third-order valence-electron chi connectivity index (χ3n) is 4.26. The summed E-state index contributed by atoms with van der Waals surface area (Å²) in [5.74, 6) is 0.174. The molecule has 0 aromatic heterocycles. The van der Waals surface area contributed by atoms with Gasteiger partial charge >= 0.3 is 12.2 Å². The van der Waals surface area contributed by atoms with E-state index in [1.165, 1.54) is 9.80 Å². The normalized spacial score (nSPS) is 21.2. The minimum atomic E-state index is -4.14. The maximum absolute atomic E-state index is 12.3. The second kappa shape index (κ2) is 7.85. The molecule has 23 heavy (non-hydrogen) atoms. The van der Waals surface area contributed by atoms with Gasteiger partial charge in [-0.15, -0.1) is 0 Å². The van der Waals surface area contributed by atoms with E-state index in [2.05, 4.69) is 10.6 Å². The quantitative estimate of drug-likeness (QED) is 0.798. The average Bonchev–Trinajstić information content (AvgIpc) is 2.47. The fraction of sp³-hybridized carbons (Fsp3) is 0.857. The standard InChI is InChI=1S/C14H23F3N4O2/c15-14(16,17)10-20-6-2-11(3-7-20)1-4-19-13(23)21-8-5-18-12(22)9-21/h11H,1-10H2,(H,18,22)(H,19,23). The van der Waals surface area contributed by atoms with Gasteiger partial charge in [-0.25, -0.2) is 4.79 Å². The van der Waals surface area contributed by atoms with Crippen LogP contribution in [0.2, 0.25) is 0 Å². The van der Waals surface area contributed by atoms with Gasteiger partial charge in [0, 0.05) is 19.6 Å². The summed E-state index contributed by atoms with van der Waals surface area (Å²) in [6.45, 7) is 1.57. The van der Waals surface area contributed by atoms with Gasteiger partial charge in [0.1, 0.15) is 6.54 Å². The number of nitrogens with one attached hydrogen (secondary N) is 2. The summed E-state index contributed by atoms with van der Waals surface area (Å²) in [5.41, 5.74) is 0. The monoisotopic (exact) mass is 336 g/mol. The van der Waals surface area contributed by atoms with Gasteiger partial charge < -0.3 is 15.5 Å². The van der Waals surface area contributed by atoms with Crippen molar-refractivity contribution in [2.75, 3.05) is 45.8 Å². The number of halogens is 3. The van der Waals surface area contributed by atoms with E-state index in [1.807, 2.05) is 0 Å². The van der Waals surface area contributed by atoms with Gasteiger partial charge in [-0.2, -0.15) is 13.2 Å². The highest BCUT2D eigenvalue weighted by molar-refractivity contribution is 5.85. The van der Waals surface area contributed by atoms with Crippen LogP contribution in [0.1, 0.15) is 19.3 Å². The molecule has 2 N–H and O–H groups in total.